The van der Waals surface area contributed by atoms with Gasteiger partial charge in [-0.3, -0.25) is 0 Å². The van der Waals surface area contributed by atoms with E-state index in [0.29, 0.717) is 0 Å². The molecule has 1 heterocycles. The fourth-order valence-electron chi connectivity index (χ4n) is 2.24. The molecule has 19 heavy (non-hydrogen) atoms. The molecule has 3 heteroatoms. The first-order chi connectivity index (χ1) is 9.07. The van der Waals surface area contributed by atoms with Gasteiger partial charge in [-0.1, -0.05) is 34.9 Å². The maximum atomic E-state index is 10.3. The van der Waals surface area contributed by atoms with Crippen LogP contribution in [0.2, 0.25) is 0 Å². The maximum absolute atomic E-state index is 10.3. The summed E-state index contributed by atoms with van der Waals surface area (Å²) in [5.41, 5.74) is 2.02. The molecule has 1 aliphatic heterocycles. The van der Waals surface area contributed by atoms with Crippen molar-refractivity contribution in [2.45, 2.75) is 19.6 Å². The molecule has 0 atom stereocenters. The van der Waals surface area contributed by atoms with E-state index in [-0.39, 0.29) is 0 Å². The van der Waals surface area contributed by atoms with E-state index in [2.05, 4.69) is 6.01 Å². The minimum absolute atomic E-state index is 0.957. The molecule has 0 fully saturated rings. The quantitative estimate of drug-likeness (QED) is 0.817. The normalized spacial score (nSPS) is 13.8. The first kappa shape index (κ1) is 11.8. The van der Waals surface area contributed by atoms with Crippen LogP contribution >= 0.6 is 0 Å². The Morgan fingerprint density at radius 1 is 0.895 bits per heavy atom. The third kappa shape index (κ3) is 1.99. The summed E-state index contributed by atoms with van der Waals surface area (Å²) >= 11 is 0. The maximum Gasteiger partial charge on any atom is 0.499 e. The lowest BCUT2D eigenvalue weighted by Crippen LogP contribution is -2.31. The predicted octanol–water partition coefficient (Wildman–Crippen LogP) is 3.08. The molecule has 0 aromatic heterocycles. The highest BCUT2D eigenvalue weighted by molar-refractivity contribution is 5.74. The Kier molecular flexibility index (Phi) is 2.59. The molecular formula is C16H16N2O+2. The Morgan fingerprint density at radius 3 is 2.11 bits per heavy atom. The van der Waals surface area contributed by atoms with Crippen molar-refractivity contribution in [1.82, 2.24) is 4.58 Å². The van der Waals surface area contributed by atoms with E-state index in [1.807, 2.05) is 59.2 Å². The van der Waals surface area contributed by atoms with Gasteiger partial charge < -0.3 is 5.11 Å². The van der Waals surface area contributed by atoms with E-state index >= 15 is 0 Å². The molecule has 2 aromatic carbocycles. The van der Waals surface area contributed by atoms with E-state index < -0.39 is 5.72 Å². The number of hydrogen-bond acceptors (Lipinski definition) is 1. The van der Waals surface area contributed by atoms with Crippen molar-refractivity contribution in [3.63, 3.8) is 0 Å². The van der Waals surface area contributed by atoms with Gasteiger partial charge in [0.15, 0.2) is 0 Å². The standard InChI is InChI=1S/C16H16N2O/c1-16(2,19)18-12-17(13-8-4-3-5-9-13)14-10-6-7-11-15(14)18/h3-11,19H,1-2H3/q+2. The molecule has 0 radical (unpaired) electrons. The molecule has 0 spiro atoms. The fourth-order valence-corrected chi connectivity index (χ4v) is 2.24. The van der Waals surface area contributed by atoms with E-state index in [0.717, 1.165) is 17.1 Å². The SMILES string of the molecule is CC(C)(O)[N+]1=C=[N+](c2ccccc2)c2ccccc21. The zero-order valence-electron chi connectivity index (χ0n) is 11.0. The minimum Gasteiger partial charge on any atom is -0.334 e. The van der Waals surface area contributed by atoms with Crippen LogP contribution in [0.1, 0.15) is 13.8 Å². The Balaban J connectivity index is 2.26. The van der Waals surface area contributed by atoms with Gasteiger partial charge in [0, 0.05) is 38.1 Å². The highest BCUT2D eigenvalue weighted by Gasteiger charge is 2.42. The molecule has 94 valence electrons. The van der Waals surface area contributed by atoms with Crippen molar-refractivity contribution in [3.8, 4) is 0 Å². The van der Waals surface area contributed by atoms with Gasteiger partial charge in [-0.2, -0.15) is 0 Å². The van der Waals surface area contributed by atoms with Crippen LogP contribution in [0.25, 0.3) is 0 Å². The summed E-state index contributed by atoms with van der Waals surface area (Å²) < 4.78 is 3.72. The third-order valence-corrected chi connectivity index (χ3v) is 3.13. The Morgan fingerprint density at radius 2 is 1.47 bits per heavy atom. The highest BCUT2D eigenvalue weighted by atomic mass is 16.3. The Hall–Kier alpha value is -2.22. The molecule has 0 saturated heterocycles. The molecule has 1 aliphatic rings. The summed E-state index contributed by atoms with van der Waals surface area (Å²) in [6.45, 7) is 3.51. The van der Waals surface area contributed by atoms with Gasteiger partial charge in [0.25, 0.3) is 17.1 Å². The number of nitrogens with zero attached hydrogens (tertiary/aromatic N) is 2. The monoisotopic (exact) mass is 252 g/mol. The lowest BCUT2D eigenvalue weighted by molar-refractivity contribution is -0.575. The Bertz CT molecular complexity index is 690. The van der Waals surface area contributed by atoms with Crippen molar-refractivity contribution in [3.05, 3.63) is 54.6 Å². The van der Waals surface area contributed by atoms with E-state index in [1.54, 1.807) is 18.4 Å². The molecule has 0 amide bonds. The van der Waals surface area contributed by atoms with Crippen LogP contribution in [-0.2, 0) is 0 Å². The van der Waals surface area contributed by atoms with Crippen LogP contribution in [0, 0.1) is 0 Å². The molecule has 1 N–H and O–H groups in total. The number of para-hydroxylation sites is 3. The second-order valence-electron chi connectivity index (χ2n) is 5.09. The first-order valence-electron chi connectivity index (χ1n) is 6.30. The van der Waals surface area contributed by atoms with Crippen LogP contribution in [0.15, 0.2) is 54.6 Å². The predicted molar refractivity (Wildman–Crippen MR) is 75.6 cm³/mol. The molecule has 2 aromatic rings. The molecular weight excluding hydrogens is 236 g/mol. The molecule has 3 rings (SSSR count). The first-order valence-corrected chi connectivity index (χ1v) is 6.30. The largest absolute Gasteiger partial charge is 0.499 e. The van der Waals surface area contributed by atoms with Crippen LogP contribution in [-0.4, -0.2) is 21.4 Å². The van der Waals surface area contributed by atoms with Gasteiger partial charge in [0.05, 0.1) is 0 Å². The van der Waals surface area contributed by atoms with Crippen LogP contribution in [0.5, 0.6) is 0 Å². The molecule has 0 unspecified atom stereocenters. The van der Waals surface area contributed by atoms with Crippen LogP contribution in [0.3, 0.4) is 0 Å². The van der Waals surface area contributed by atoms with Crippen molar-refractivity contribution in [2.24, 2.45) is 0 Å². The van der Waals surface area contributed by atoms with E-state index in [1.165, 1.54) is 0 Å². The summed E-state index contributed by atoms with van der Waals surface area (Å²) in [7, 11) is 0. The van der Waals surface area contributed by atoms with Crippen LogP contribution in [0.4, 0.5) is 17.1 Å². The average Bonchev–Trinajstić information content (AvgIpc) is 2.79. The van der Waals surface area contributed by atoms with E-state index in [9.17, 15) is 5.11 Å². The molecule has 3 nitrogen and oxygen atoms in total. The zero-order valence-corrected chi connectivity index (χ0v) is 11.0. The summed E-state index contributed by atoms with van der Waals surface area (Å²) in [5, 5.41) is 10.3. The van der Waals surface area contributed by atoms with Crippen molar-refractivity contribution < 1.29 is 9.68 Å². The second-order valence-corrected chi connectivity index (χ2v) is 5.09. The van der Waals surface area contributed by atoms with Crippen molar-refractivity contribution >= 4 is 23.1 Å². The number of benzene rings is 2. The fraction of sp³-hybridized carbons (Fsp3) is 0.188. The number of fused-ring (bicyclic) bond motifs is 1. The lowest BCUT2D eigenvalue weighted by atomic mass is 10.2. The zero-order chi connectivity index (χ0) is 13.5. The third-order valence-electron chi connectivity index (χ3n) is 3.13. The van der Waals surface area contributed by atoms with Gasteiger partial charge >= 0.3 is 6.01 Å². The topological polar surface area (TPSA) is 26.2 Å². The highest BCUT2D eigenvalue weighted by Crippen LogP contribution is 2.35. The summed E-state index contributed by atoms with van der Waals surface area (Å²) in [6, 6.07) is 21.2. The van der Waals surface area contributed by atoms with Gasteiger partial charge in [-0.25, -0.2) is 0 Å². The van der Waals surface area contributed by atoms with Crippen molar-refractivity contribution in [2.75, 3.05) is 0 Å². The Labute approximate surface area is 112 Å². The number of aliphatic hydroxyl groups is 1. The number of hydrogen-bond donors (Lipinski definition) is 1. The molecule has 0 saturated carbocycles. The van der Waals surface area contributed by atoms with Crippen molar-refractivity contribution in [1.29, 1.82) is 0 Å². The van der Waals surface area contributed by atoms with E-state index in [4.69, 9.17) is 0 Å². The summed E-state index contributed by atoms with van der Waals surface area (Å²) in [6.07, 6.45) is 0. The van der Waals surface area contributed by atoms with Gasteiger partial charge in [0.2, 0.25) is 5.69 Å². The van der Waals surface area contributed by atoms with Gasteiger partial charge in [-0.05, 0) is 4.58 Å². The molecule has 0 bridgehead atoms. The average molecular weight is 252 g/mol. The number of rotatable bonds is 2. The minimum atomic E-state index is -0.986. The summed E-state index contributed by atoms with van der Waals surface area (Å²) in [4.78, 5) is 0. The smallest absolute Gasteiger partial charge is 0.334 e. The van der Waals surface area contributed by atoms with Gasteiger partial charge in [-0.15, -0.1) is 0 Å². The second kappa shape index (κ2) is 4.16. The molecule has 0 aliphatic carbocycles. The lowest BCUT2D eigenvalue weighted by Gasteiger charge is -2.08. The van der Waals surface area contributed by atoms with Gasteiger partial charge in [0.1, 0.15) is 0 Å². The summed E-state index contributed by atoms with van der Waals surface area (Å²) in [5.74, 6) is 0. The van der Waals surface area contributed by atoms with Crippen LogP contribution < -0.4 is 4.58 Å².